The number of para-hydroxylation sites is 2. The molecule has 0 aliphatic carbocycles. The topological polar surface area (TPSA) is 91.9 Å². The van der Waals surface area contributed by atoms with Crippen LogP contribution < -0.4 is 0 Å². The summed E-state index contributed by atoms with van der Waals surface area (Å²) in [4.78, 5) is 13.7. The molecule has 4 rings (SSSR count). The van der Waals surface area contributed by atoms with Gasteiger partial charge in [0.2, 0.25) is 0 Å². The molecule has 37 heavy (non-hydrogen) atoms. The third kappa shape index (κ3) is 6.76. The smallest absolute Gasteiger partial charge is 0.124 e. The van der Waals surface area contributed by atoms with E-state index in [1.807, 2.05) is 36.4 Å². The number of hydrogen-bond donors (Lipinski definition) is 3. The van der Waals surface area contributed by atoms with Crippen LogP contribution in [0.5, 0.6) is 17.2 Å². The summed E-state index contributed by atoms with van der Waals surface area (Å²) in [5.41, 5.74) is 3.39. The molecule has 0 amide bonds. The molecule has 1 heterocycles. The molecule has 194 valence electrons. The zero-order valence-corrected chi connectivity index (χ0v) is 21.5. The van der Waals surface area contributed by atoms with Gasteiger partial charge in [0, 0.05) is 55.3 Å². The van der Waals surface area contributed by atoms with Crippen LogP contribution in [-0.4, -0.2) is 76.8 Å². The zero-order chi connectivity index (χ0) is 26.2. The van der Waals surface area contributed by atoms with E-state index in [2.05, 4.69) is 39.7 Å². The van der Waals surface area contributed by atoms with Crippen molar-refractivity contribution >= 4 is 12.4 Å². The van der Waals surface area contributed by atoms with Crippen LogP contribution in [-0.2, 0) is 0 Å². The average molecular weight is 501 g/mol. The van der Waals surface area contributed by atoms with Crippen LogP contribution in [0.1, 0.15) is 48.2 Å². The van der Waals surface area contributed by atoms with Crippen molar-refractivity contribution < 1.29 is 15.3 Å². The fourth-order valence-corrected chi connectivity index (χ4v) is 4.62. The van der Waals surface area contributed by atoms with Crippen molar-refractivity contribution in [2.45, 2.75) is 25.9 Å². The molecule has 0 bridgehead atoms. The van der Waals surface area contributed by atoms with E-state index in [0.29, 0.717) is 35.9 Å². The van der Waals surface area contributed by atoms with Gasteiger partial charge in [0.05, 0.1) is 19.3 Å². The Labute approximate surface area is 219 Å². The third-order valence-electron chi connectivity index (χ3n) is 6.73. The van der Waals surface area contributed by atoms with E-state index in [1.54, 1.807) is 36.7 Å². The molecule has 3 aromatic rings. The highest BCUT2D eigenvalue weighted by Gasteiger charge is 2.34. The van der Waals surface area contributed by atoms with Crippen molar-refractivity contribution in [2.75, 3.05) is 39.3 Å². The number of benzene rings is 3. The number of aliphatic imine (C=N–C) groups is 2. The molecule has 1 aliphatic heterocycles. The maximum absolute atomic E-state index is 11.0. The van der Waals surface area contributed by atoms with Gasteiger partial charge in [-0.2, -0.15) is 0 Å². The first-order chi connectivity index (χ1) is 17.9. The van der Waals surface area contributed by atoms with Crippen LogP contribution in [0, 0.1) is 0 Å². The molecule has 3 aromatic carbocycles. The zero-order valence-electron chi connectivity index (χ0n) is 21.5. The quantitative estimate of drug-likeness (QED) is 0.349. The highest BCUT2D eigenvalue weighted by molar-refractivity contribution is 5.83. The maximum atomic E-state index is 11.0. The number of hydrogen-bond acceptors (Lipinski definition) is 7. The SMILES string of the molecule is CC(C)c1ccc(C2N(CC/N=C\c3ccccc3O)CCN2CC/N=C\c2ccccc2O)c(O)c1. The Bertz CT molecular complexity index is 1170. The van der Waals surface area contributed by atoms with Gasteiger partial charge in [-0.05, 0) is 41.8 Å². The summed E-state index contributed by atoms with van der Waals surface area (Å²) in [5.74, 6) is 1.08. The molecule has 1 fully saturated rings. The fourth-order valence-electron chi connectivity index (χ4n) is 4.62. The van der Waals surface area contributed by atoms with Crippen LogP contribution in [0.25, 0.3) is 0 Å². The molecule has 0 spiro atoms. The summed E-state index contributed by atoms with van der Waals surface area (Å²) < 4.78 is 0. The van der Waals surface area contributed by atoms with Gasteiger partial charge >= 0.3 is 0 Å². The Kier molecular flexibility index (Phi) is 8.93. The lowest BCUT2D eigenvalue weighted by Crippen LogP contribution is -2.34. The first-order valence-corrected chi connectivity index (χ1v) is 12.8. The van der Waals surface area contributed by atoms with Crippen molar-refractivity contribution in [1.82, 2.24) is 9.80 Å². The molecule has 0 atom stereocenters. The Morgan fingerprint density at radius 1 is 0.757 bits per heavy atom. The summed E-state index contributed by atoms with van der Waals surface area (Å²) in [6, 6.07) is 20.3. The number of aromatic hydroxyl groups is 3. The monoisotopic (exact) mass is 500 g/mol. The predicted molar refractivity (Wildman–Crippen MR) is 149 cm³/mol. The lowest BCUT2D eigenvalue weighted by molar-refractivity contribution is 0.140. The summed E-state index contributed by atoms with van der Waals surface area (Å²) in [6.45, 7) is 8.54. The average Bonchev–Trinajstić information content (AvgIpc) is 3.28. The van der Waals surface area contributed by atoms with E-state index < -0.39 is 0 Å². The van der Waals surface area contributed by atoms with Crippen molar-refractivity contribution in [3.63, 3.8) is 0 Å². The molecular formula is C30H36N4O3. The number of rotatable bonds is 10. The highest BCUT2D eigenvalue weighted by atomic mass is 16.3. The first-order valence-electron chi connectivity index (χ1n) is 12.8. The normalized spacial score (nSPS) is 15.5. The minimum absolute atomic E-state index is 0.0816. The summed E-state index contributed by atoms with van der Waals surface area (Å²) in [7, 11) is 0. The maximum Gasteiger partial charge on any atom is 0.124 e. The van der Waals surface area contributed by atoms with Crippen LogP contribution in [0.15, 0.2) is 76.7 Å². The van der Waals surface area contributed by atoms with E-state index in [-0.39, 0.29) is 17.7 Å². The van der Waals surface area contributed by atoms with E-state index in [1.165, 1.54) is 0 Å². The van der Waals surface area contributed by atoms with Crippen LogP contribution in [0.3, 0.4) is 0 Å². The Hall–Kier alpha value is -3.68. The molecule has 0 radical (unpaired) electrons. The summed E-state index contributed by atoms with van der Waals surface area (Å²) in [6.07, 6.45) is 3.34. The number of nitrogens with zero attached hydrogens (tertiary/aromatic N) is 4. The predicted octanol–water partition coefficient (Wildman–Crippen LogP) is 4.78. The Balaban J connectivity index is 1.46. The second kappa shape index (κ2) is 12.5. The van der Waals surface area contributed by atoms with Crippen molar-refractivity contribution in [2.24, 2.45) is 9.98 Å². The van der Waals surface area contributed by atoms with Gasteiger partial charge in [-0.3, -0.25) is 19.8 Å². The van der Waals surface area contributed by atoms with E-state index in [9.17, 15) is 15.3 Å². The number of phenols is 3. The van der Waals surface area contributed by atoms with Gasteiger partial charge in [-0.15, -0.1) is 0 Å². The van der Waals surface area contributed by atoms with E-state index in [0.717, 1.165) is 37.3 Å². The van der Waals surface area contributed by atoms with Crippen molar-refractivity contribution in [3.05, 3.63) is 89.0 Å². The van der Waals surface area contributed by atoms with Crippen molar-refractivity contribution in [1.29, 1.82) is 0 Å². The molecule has 3 N–H and O–H groups in total. The second-order valence-electron chi connectivity index (χ2n) is 9.61. The standard InChI is InChI=1S/C30H36N4O3/c1-22(2)23-11-12-26(29(37)19-23)30-33(15-13-31-20-24-7-3-5-9-27(24)35)17-18-34(30)16-14-32-21-25-8-4-6-10-28(25)36/h3-12,19-22,30,35-37H,13-18H2,1-2H3/b31-20-,32-21-. The van der Waals surface area contributed by atoms with E-state index in [4.69, 9.17) is 0 Å². The molecular weight excluding hydrogens is 464 g/mol. The first kappa shape index (κ1) is 26.4. The summed E-state index contributed by atoms with van der Waals surface area (Å²) in [5, 5.41) is 30.9. The van der Waals surface area contributed by atoms with E-state index >= 15 is 0 Å². The van der Waals surface area contributed by atoms with Gasteiger partial charge in [0.25, 0.3) is 0 Å². The second-order valence-corrected chi connectivity index (χ2v) is 9.61. The Morgan fingerprint density at radius 2 is 1.27 bits per heavy atom. The third-order valence-corrected chi connectivity index (χ3v) is 6.73. The van der Waals surface area contributed by atoms with Crippen LogP contribution >= 0.6 is 0 Å². The molecule has 7 heteroatoms. The van der Waals surface area contributed by atoms with Gasteiger partial charge in [-0.25, -0.2) is 0 Å². The highest BCUT2D eigenvalue weighted by Crippen LogP contribution is 2.36. The minimum atomic E-state index is -0.0816. The van der Waals surface area contributed by atoms with Crippen LogP contribution in [0.2, 0.25) is 0 Å². The lowest BCUT2D eigenvalue weighted by Gasteiger charge is -2.31. The summed E-state index contributed by atoms with van der Waals surface area (Å²) >= 11 is 0. The fraction of sp³-hybridized carbons (Fsp3) is 0.333. The van der Waals surface area contributed by atoms with Gasteiger partial charge in [0.15, 0.2) is 0 Å². The minimum Gasteiger partial charge on any atom is -0.508 e. The molecule has 1 aliphatic rings. The van der Waals surface area contributed by atoms with Crippen LogP contribution in [0.4, 0.5) is 0 Å². The van der Waals surface area contributed by atoms with Gasteiger partial charge in [0.1, 0.15) is 17.2 Å². The molecule has 1 saturated heterocycles. The van der Waals surface area contributed by atoms with Crippen molar-refractivity contribution in [3.8, 4) is 17.2 Å². The van der Waals surface area contributed by atoms with Gasteiger partial charge in [-0.1, -0.05) is 50.2 Å². The largest absolute Gasteiger partial charge is 0.508 e. The molecule has 0 aromatic heterocycles. The number of phenolic OH excluding ortho intramolecular Hbond substituents is 3. The lowest BCUT2D eigenvalue weighted by atomic mass is 9.99. The molecule has 0 unspecified atom stereocenters. The molecule has 7 nitrogen and oxygen atoms in total. The van der Waals surface area contributed by atoms with Gasteiger partial charge < -0.3 is 15.3 Å². The molecule has 0 saturated carbocycles. The Morgan fingerprint density at radius 3 is 1.73 bits per heavy atom.